The van der Waals surface area contributed by atoms with E-state index in [1.54, 1.807) is 19.1 Å². The number of rotatable bonds is 1. The van der Waals surface area contributed by atoms with Crippen molar-refractivity contribution >= 4 is 34.1 Å². The number of benzene rings is 2. The zero-order valence-corrected chi connectivity index (χ0v) is 12.2. The summed E-state index contributed by atoms with van der Waals surface area (Å²) in [6, 6.07) is 13.0. The number of aromatic nitrogens is 1. The van der Waals surface area contributed by atoms with Gasteiger partial charge >= 0.3 is 0 Å². The lowest BCUT2D eigenvalue weighted by Gasteiger charge is -2.10. The third-order valence-corrected chi connectivity index (χ3v) is 3.99. The molecule has 0 saturated heterocycles. The minimum atomic E-state index is -0.0925. The maximum atomic E-state index is 12.5. The molecule has 1 N–H and O–H groups in total. The Morgan fingerprint density at radius 3 is 2.30 bits per heavy atom. The molecule has 3 rings (SSSR count). The highest BCUT2D eigenvalue weighted by Crippen LogP contribution is 2.29. The van der Waals surface area contributed by atoms with Crippen molar-refractivity contribution in [2.75, 3.05) is 0 Å². The summed E-state index contributed by atoms with van der Waals surface area (Å²) in [4.78, 5) is 15.8. The van der Waals surface area contributed by atoms with Crippen LogP contribution in [0.1, 0.15) is 5.56 Å². The largest absolute Gasteiger partial charge is 0.353 e. The monoisotopic (exact) mass is 303 g/mol. The molecule has 1 heterocycles. The van der Waals surface area contributed by atoms with E-state index in [4.69, 9.17) is 23.2 Å². The van der Waals surface area contributed by atoms with Gasteiger partial charge in [0.2, 0.25) is 0 Å². The zero-order valence-electron chi connectivity index (χ0n) is 10.7. The molecular weight excluding hydrogens is 293 g/mol. The van der Waals surface area contributed by atoms with Gasteiger partial charge in [0.05, 0.1) is 26.6 Å². The van der Waals surface area contributed by atoms with Gasteiger partial charge in [-0.25, -0.2) is 0 Å². The third-order valence-electron chi connectivity index (χ3n) is 3.36. The molecule has 0 aliphatic rings. The number of H-pyrrole nitrogens is 1. The van der Waals surface area contributed by atoms with Gasteiger partial charge in [-0.1, -0.05) is 53.5 Å². The molecular formula is C16H11Cl2NO. The molecule has 0 spiro atoms. The van der Waals surface area contributed by atoms with Crippen molar-refractivity contribution < 1.29 is 0 Å². The van der Waals surface area contributed by atoms with Crippen LogP contribution in [0.3, 0.4) is 0 Å². The quantitative estimate of drug-likeness (QED) is 0.687. The third kappa shape index (κ3) is 2.01. The molecule has 2 aromatic carbocycles. The van der Waals surface area contributed by atoms with E-state index in [-0.39, 0.29) is 5.43 Å². The van der Waals surface area contributed by atoms with Crippen molar-refractivity contribution in [2.24, 2.45) is 0 Å². The SMILES string of the molecule is Cc1c(-c2ccccc2)[nH]c2c(Cl)ccc(Cl)c2c1=O. The van der Waals surface area contributed by atoms with Crippen LogP contribution < -0.4 is 5.43 Å². The number of pyridine rings is 1. The Balaban J connectivity index is 2.46. The molecule has 0 bridgehead atoms. The predicted octanol–water partition coefficient (Wildman–Crippen LogP) is 4.81. The molecule has 0 saturated carbocycles. The molecule has 0 unspecified atom stereocenters. The second kappa shape index (κ2) is 4.97. The van der Waals surface area contributed by atoms with E-state index in [0.29, 0.717) is 26.5 Å². The van der Waals surface area contributed by atoms with Gasteiger partial charge in [0.15, 0.2) is 5.43 Å². The van der Waals surface area contributed by atoms with E-state index in [9.17, 15) is 4.79 Å². The van der Waals surface area contributed by atoms with Crippen LogP contribution in [-0.4, -0.2) is 4.98 Å². The lowest BCUT2D eigenvalue weighted by molar-refractivity contribution is 1.30. The summed E-state index contributed by atoms with van der Waals surface area (Å²) in [6.07, 6.45) is 0. The molecule has 0 aliphatic carbocycles. The lowest BCUT2D eigenvalue weighted by Crippen LogP contribution is -2.10. The molecule has 0 atom stereocenters. The number of fused-ring (bicyclic) bond motifs is 1. The molecule has 1 aromatic heterocycles. The number of hydrogen-bond donors (Lipinski definition) is 1. The van der Waals surface area contributed by atoms with Gasteiger partial charge < -0.3 is 4.98 Å². The van der Waals surface area contributed by atoms with E-state index >= 15 is 0 Å². The molecule has 2 nitrogen and oxygen atoms in total. The van der Waals surface area contributed by atoms with E-state index < -0.39 is 0 Å². The highest BCUT2D eigenvalue weighted by Gasteiger charge is 2.14. The topological polar surface area (TPSA) is 32.9 Å². The van der Waals surface area contributed by atoms with Crippen molar-refractivity contribution in [3.05, 3.63) is 68.3 Å². The van der Waals surface area contributed by atoms with Gasteiger partial charge in [0, 0.05) is 5.56 Å². The summed E-state index contributed by atoms with van der Waals surface area (Å²) in [5.74, 6) is 0. The van der Waals surface area contributed by atoms with Crippen LogP contribution in [0.25, 0.3) is 22.2 Å². The van der Waals surface area contributed by atoms with E-state index in [0.717, 1.165) is 11.3 Å². The average molecular weight is 304 g/mol. The van der Waals surface area contributed by atoms with Gasteiger partial charge in [0.25, 0.3) is 0 Å². The van der Waals surface area contributed by atoms with Gasteiger partial charge in [-0.15, -0.1) is 0 Å². The van der Waals surface area contributed by atoms with Crippen molar-refractivity contribution in [2.45, 2.75) is 6.92 Å². The smallest absolute Gasteiger partial charge is 0.194 e. The Labute approximate surface area is 126 Å². The van der Waals surface area contributed by atoms with E-state index in [2.05, 4.69) is 4.98 Å². The Hall–Kier alpha value is -1.77. The van der Waals surface area contributed by atoms with Crippen LogP contribution in [0.5, 0.6) is 0 Å². The Kier molecular flexibility index (Phi) is 3.28. The van der Waals surface area contributed by atoms with E-state index in [1.807, 2.05) is 30.3 Å². The van der Waals surface area contributed by atoms with Crippen LogP contribution >= 0.6 is 23.2 Å². The first-order valence-corrected chi connectivity index (χ1v) is 6.91. The van der Waals surface area contributed by atoms with Crippen LogP contribution in [-0.2, 0) is 0 Å². The molecule has 3 aromatic rings. The van der Waals surface area contributed by atoms with Gasteiger partial charge in [-0.2, -0.15) is 0 Å². The average Bonchev–Trinajstić information content (AvgIpc) is 2.47. The lowest BCUT2D eigenvalue weighted by atomic mass is 10.0. The number of aromatic amines is 1. The van der Waals surface area contributed by atoms with Crippen molar-refractivity contribution in [1.82, 2.24) is 4.98 Å². The standard InChI is InChI=1S/C16H11Cl2NO/c1-9-14(10-5-3-2-4-6-10)19-15-12(18)8-7-11(17)13(15)16(9)20/h2-8H,1H3,(H,19,20). The maximum Gasteiger partial charge on any atom is 0.194 e. The molecule has 100 valence electrons. The molecule has 4 heteroatoms. The van der Waals surface area contributed by atoms with Crippen LogP contribution in [0, 0.1) is 6.92 Å². The van der Waals surface area contributed by atoms with Gasteiger partial charge in [-0.05, 0) is 24.6 Å². The second-order valence-electron chi connectivity index (χ2n) is 4.60. The summed E-state index contributed by atoms with van der Waals surface area (Å²) < 4.78 is 0. The minimum absolute atomic E-state index is 0.0925. The van der Waals surface area contributed by atoms with Gasteiger partial charge in [-0.3, -0.25) is 4.79 Å². The van der Waals surface area contributed by atoms with Crippen molar-refractivity contribution in [3.8, 4) is 11.3 Å². The molecule has 0 fully saturated rings. The van der Waals surface area contributed by atoms with E-state index in [1.165, 1.54) is 0 Å². The zero-order chi connectivity index (χ0) is 14.3. The highest BCUT2D eigenvalue weighted by molar-refractivity contribution is 6.39. The Bertz CT molecular complexity index is 854. The molecule has 0 aliphatic heterocycles. The fraction of sp³-hybridized carbons (Fsp3) is 0.0625. The molecule has 0 amide bonds. The number of nitrogens with one attached hydrogen (secondary N) is 1. The minimum Gasteiger partial charge on any atom is -0.353 e. The number of halogens is 2. The maximum absolute atomic E-state index is 12.5. The van der Waals surface area contributed by atoms with Gasteiger partial charge in [0.1, 0.15) is 0 Å². The molecule has 0 radical (unpaired) electrons. The number of hydrogen-bond acceptors (Lipinski definition) is 1. The fourth-order valence-corrected chi connectivity index (χ4v) is 2.76. The first-order valence-electron chi connectivity index (χ1n) is 6.15. The Morgan fingerprint density at radius 2 is 1.60 bits per heavy atom. The summed E-state index contributed by atoms with van der Waals surface area (Å²) in [5.41, 5.74) is 2.83. The normalized spacial score (nSPS) is 10.9. The summed E-state index contributed by atoms with van der Waals surface area (Å²) >= 11 is 12.3. The fourth-order valence-electron chi connectivity index (χ4n) is 2.31. The summed E-state index contributed by atoms with van der Waals surface area (Å²) in [6.45, 7) is 1.79. The van der Waals surface area contributed by atoms with Crippen LogP contribution in [0.4, 0.5) is 0 Å². The summed E-state index contributed by atoms with van der Waals surface area (Å²) in [7, 11) is 0. The van der Waals surface area contributed by atoms with Crippen molar-refractivity contribution in [1.29, 1.82) is 0 Å². The van der Waals surface area contributed by atoms with Crippen LogP contribution in [0.2, 0.25) is 10.0 Å². The van der Waals surface area contributed by atoms with Crippen molar-refractivity contribution in [3.63, 3.8) is 0 Å². The second-order valence-corrected chi connectivity index (χ2v) is 5.41. The highest BCUT2D eigenvalue weighted by atomic mass is 35.5. The first kappa shape index (κ1) is 13.2. The summed E-state index contributed by atoms with van der Waals surface area (Å²) in [5, 5.41) is 1.34. The Morgan fingerprint density at radius 1 is 0.950 bits per heavy atom. The molecule has 20 heavy (non-hydrogen) atoms. The predicted molar refractivity (Wildman–Crippen MR) is 84.8 cm³/mol. The first-order chi connectivity index (χ1) is 9.59. The van der Waals surface area contributed by atoms with Crippen LogP contribution in [0.15, 0.2) is 47.3 Å².